The van der Waals surface area contributed by atoms with E-state index in [9.17, 15) is 0 Å². The van der Waals surface area contributed by atoms with Gasteiger partial charge in [-0.2, -0.15) is 0 Å². The van der Waals surface area contributed by atoms with Gasteiger partial charge < -0.3 is 4.74 Å². The molecular formula is C14H20Br2O. The molecule has 0 radical (unpaired) electrons. The third-order valence-electron chi connectivity index (χ3n) is 3.14. The van der Waals surface area contributed by atoms with Gasteiger partial charge in [-0.05, 0) is 42.0 Å². The van der Waals surface area contributed by atoms with Crippen LogP contribution in [0.3, 0.4) is 0 Å². The topological polar surface area (TPSA) is 9.23 Å². The van der Waals surface area contributed by atoms with Gasteiger partial charge in [-0.3, -0.25) is 0 Å². The maximum absolute atomic E-state index is 5.42. The summed E-state index contributed by atoms with van der Waals surface area (Å²) in [6, 6.07) is 6.20. The van der Waals surface area contributed by atoms with Crippen molar-refractivity contribution in [2.75, 3.05) is 7.11 Å². The van der Waals surface area contributed by atoms with Gasteiger partial charge in [0, 0.05) is 9.30 Å². The zero-order chi connectivity index (χ0) is 13.0. The first kappa shape index (κ1) is 15.0. The SMILES string of the molecule is COc1ccc(Br)cc1CC(C(C)C)C(C)Br. The van der Waals surface area contributed by atoms with E-state index in [0.29, 0.717) is 16.7 Å². The van der Waals surface area contributed by atoms with Crippen molar-refractivity contribution in [1.82, 2.24) is 0 Å². The Bertz CT molecular complexity index is 353. The molecule has 0 fully saturated rings. The van der Waals surface area contributed by atoms with Gasteiger partial charge in [-0.25, -0.2) is 0 Å². The van der Waals surface area contributed by atoms with Crippen LogP contribution in [0.1, 0.15) is 26.3 Å². The lowest BCUT2D eigenvalue weighted by Gasteiger charge is -2.24. The van der Waals surface area contributed by atoms with Gasteiger partial charge >= 0.3 is 0 Å². The quantitative estimate of drug-likeness (QED) is 0.664. The second-order valence-corrected chi connectivity index (χ2v) is 7.11. The summed E-state index contributed by atoms with van der Waals surface area (Å²) in [5.74, 6) is 2.23. The molecule has 96 valence electrons. The van der Waals surface area contributed by atoms with Gasteiger partial charge in [-0.15, -0.1) is 0 Å². The fraction of sp³-hybridized carbons (Fsp3) is 0.571. The van der Waals surface area contributed by atoms with E-state index < -0.39 is 0 Å². The molecule has 2 unspecified atom stereocenters. The van der Waals surface area contributed by atoms with E-state index in [4.69, 9.17) is 4.74 Å². The molecule has 1 nitrogen and oxygen atoms in total. The molecule has 1 aromatic rings. The highest BCUT2D eigenvalue weighted by Crippen LogP contribution is 2.31. The number of hydrogen-bond acceptors (Lipinski definition) is 1. The standard InChI is InChI=1S/C14H20Br2O/c1-9(2)13(10(3)15)8-11-7-12(16)5-6-14(11)17-4/h5-7,9-10,13H,8H2,1-4H3. The molecule has 0 N–H and O–H groups in total. The molecule has 3 heteroatoms. The lowest BCUT2D eigenvalue weighted by Crippen LogP contribution is -2.20. The summed E-state index contributed by atoms with van der Waals surface area (Å²) in [4.78, 5) is 0.506. The summed E-state index contributed by atoms with van der Waals surface area (Å²) in [6.07, 6.45) is 1.03. The van der Waals surface area contributed by atoms with Crippen molar-refractivity contribution in [3.8, 4) is 5.75 Å². The minimum absolute atomic E-state index is 0.506. The maximum Gasteiger partial charge on any atom is 0.122 e. The first-order valence-corrected chi connectivity index (χ1v) is 7.63. The Morgan fingerprint density at radius 3 is 2.35 bits per heavy atom. The van der Waals surface area contributed by atoms with Gasteiger partial charge in [0.05, 0.1) is 7.11 Å². The minimum atomic E-state index is 0.506. The third-order valence-corrected chi connectivity index (χ3v) is 4.32. The number of halogens is 2. The summed E-state index contributed by atoms with van der Waals surface area (Å²) < 4.78 is 6.53. The van der Waals surface area contributed by atoms with Crippen molar-refractivity contribution in [1.29, 1.82) is 0 Å². The second kappa shape index (κ2) is 6.79. The second-order valence-electron chi connectivity index (χ2n) is 4.75. The normalized spacial score (nSPS) is 14.8. The highest BCUT2D eigenvalue weighted by Gasteiger charge is 2.20. The van der Waals surface area contributed by atoms with Crippen molar-refractivity contribution < 1.29 is 4.74 Å². The highest BCUT2D eigenvalue weighted by atomic mass is 79.9. The molecule has 0 saturated heterocycles. The van der Waals surface area contributed by atoms with E-state index in [2.05, 4.69) is 58.7 Å². The van der Waals surface area contributed by atoms with Crippen molar-refractivity contribution in [3.05, 3.63) is 28.2 Å². The minimum Gasteiger partial charge on any atom is -0.496 e. The molecule has 0 heterocycles. The molecule has 0 aliphatic rings. The van der Waals surface area contributed by atoms with Crippen molar-refractivity contribution in [2.24, 2.45) is 11.8 Å². The van der Waals surface area contributed by atoms with Gasteiger partial charge in [0.15, 0.2) is 0 Å². The molecule has 0 aliphatic carbocycles. The van der Waals surface area contributed by atoms with Crippen LogP contribution in [0, 0.1) is 11.8 Å². The number of alkyl halides is 1. The van der Waals surface area contributed by atoms with Crippen LogP contribution in [0.15, 0.2) is 22.7 Å². The Balaban J connectivity index is 2.95. The molecule has 0 spiro atoms. The molecule has 2 atom stereocenters. The summed E-state index contributed by atoms with van der Waals surface area (Å²) in [5, 5.41) is 0. The Kier molecular flexibility index (Phi) is 6.01. The van der Waals surface area contributed by atoms with Gasteiger partial charge in [0.1, 0.15) is 5.75 Å². The Hall–Kier alpha value is -0.0200. The van der Waals surface area contributed by atoms with Crippen LogP contribution in [0.25, 0.3) is 0 Å². The van der Waals surface area contributed by atoms with Gasteiger partial charge in [0.25, 0.3) is 0 Å². The molecule has 0 saturated carbocycles. The zero-order valence-electron chi connectivity index (χ0n) is 10.8. The van der Waals surface area contributed by atoms with E-state index in [-0.39, 0.29) is 0 Å². The van der Waals surface area contributed by atoms with E-state index in [1.807, 2.05) is 12.1 Å². The van der Waals surface area contributed by atoms with Crippen LogP contribution in [-0.2, 0) is 6.42 Å². The third kappa shape index (κ3) is 4.29. The van der Waals surface area contributed by atoms with Gasteiger partial charge in [0.2, 0.25) is 0 Å². The first-order chi connectivity index (χ1) is 7.95. The average molecular weight is 364 g/mol. The number of hydrogen-bond donors (Lipinski definition) is 0. The Labute approximate surface area is 121 Å². The molecule has 1 rings (SSSR count). The maximum atomic E-state index is 5.42. The van der Waals surface area contributed by atoms with Crippen LogP contribution < -0.4 is 4.74 Å². The summed E-state index contributed by atoms with van der Waals surface area (Å²) in [6.45, 7) is 6.76. The highest BCUT2D eigenvalue weighted by molar-refractivity contribution is 9.10. The fourth-order valence-electron chi connectivity index (χ4n) is 2.09. The molecule has 0 aliphatic heterocycles. The summed E-state index contributed by atoms with van der Waals surface area (Å²) in [5.41, 5.74) is 1.27. The van der Waals surface area contributed by atoms with Crippen molar-refractivity contribution in [2.45, 2.75) is 32.0 Å². The largest absolute Gasteiger partial charge is 0.496 e. The average Bonchev–Trinajstić information content (AvgIpc) is 2.25. The molecule has 0 aromatic heterocycles. The fourth-order valence-corrected chi connectivity index (χ4v) is 3.29. The van der Waals surface area contributed by atoms with Crippen LogP contribution in [0.5, 0.6) is 5.75 Å². The van der Waals surface area contributed by atoms with Gasteiger partial charge in [-0.1, -0.05) is 52.6 Å². The van der Waals surface area contributed by atoms with Crippen LogP contribution in [0.2, 0.25) is 0 Å². The predicted octanol–water partition coefficient (Wildman–Crippen LogP) is 5.06. The van der Waals surface area contributed by atoms with Crippen molar-refractivity contribution >= 4 is 31.9 Å². The van der Waals surface area contributed by atoms with Crippen LogP contribution in [0.4, 0.5) is 0 Å². The molecular weight excluding hydrogens is 344 g/mol. The lowest BCUT2D eigenvalue weighted by atomic mass is 9.87. The van der Waals surface area contributed by atoms with E-state index in [1.165, 1.54) is 5.56 Å². The molecule has 1 aromatic carbocycles. The van der Waals surface area contributed by atoms with E-state index in [1.54, 1.807) is 7.11 Å². The molecule has 0 amide bonds. The van der Waals surface area contributed by atoms with Crippen molar-refractivity contribution in [3.63, 3.8) is 0 Å². The number of benzene rings is 1. The van der Waals surface area contributed by atoms with Crippen LogP contribution in [-0.4, -0.2) is 11.9 Å². The first-order valence-electron chi connectivity index (χ1n) is 5.92. The summed E-state index contributed by atoms with van der Waals surface area (Å²) in [7, 11) is 1.73. The number of methoxy groups -OCH3 is 1. The van der Waals surface area contributed by atoms with Crippen LogP contribution >= 0.6 is 31.9 Å². The number of ether oxygens (including phenoxy) is 1. The Morgan fingerprint density at radius 1 is 1.24 bits per heavy atom. The summed E-state index contributed by atoms with van der Waals surface area (Å²) >= 11 is 7.23. The molecule has 17 heavy (non-hydrogen) atoms. The zero-order valence-corrected chi connectivity index (χ0v) is 14.0. The molecule has 0 bridgehead atoms. The smallest absolute Gasteiger partial charge is 0.122 e. The monoisotopic (exact) mass is 362 g/mol. The van der Waals surface area contributed by atoms with E-state index in [0.717, 1.165) is 16.6 Å². The van der Waals surface area contributed by atoms with E-state index >= 15 is 0 Å². The number of rotatable bonds is 5. The Morgan fingerprint density at radius 2 is 1.88 bits per heavy atom. The lowest BCUT2D eigenvalue weighted by molar-refractivity contribution is 0.367. The predicted molar refractivity (Wildman–Crippen MR) is 81.1 cm³/mol.